The molecular formula is C18H33IN4O3. The van der Waals surface area contributed by atoms with Gasteiger partial charge in [-0.3, -0.25) is 4.79 Å². The first-order valence-corrected chi connectivity index (χ1v) is 9.09. The molecule has 0 bridgehead atoms. The molecule has 1 aliphatic carbocycles. The number of aliphatic imine (C=N–C) groups is 1. The zero-order chi connectivity index (χ0) is 18.3. The van der Waals surface area contributed by atoms with Crippen LogP contribution < -0.4 is 10.6 Å². The first kappa shape index (κ1) is 23.2. The van der Waals surface area contributed by atoms with Crippen LogP contribution in [-0.2, 0) is 14.3 Å². The van der Waals surface area contributed by atoms with Gasteiger partial charge < -0.3 is 25.0 Å². The van der Waals surface area contributed by atoms with Gasteiger partial charge in [-0.1, -0.05) is 13.0 Å². The molecule has 1 heterocycles. The van der Waals surface area contributed by atoms with Gasteiger partial charge in [-0.15, -0.1) is 30.6 Å². The Morgan fingerprint density at radius 2 is 2.04 bits per heavy atom. The first-order chi connectivity index (χ1) is 11.9. The van der Waals surface area contributed by atoms with Crippen LogP contribution in [0.15, 0.2) is 17.6 Å². The molecule has 2 fully saturated rings. The quantitative estimate of drug-likeness (QED) is 0.262. The second-order valence-electron chi connectivity index (χ2n) is 7.15. The lowest BCUT2D eigenvalue weighted by molar-refractivity contribution is -0.191. The Morgan fingerprint density at radius 3 is 2.65 bits per heavy atom. The van der Waals surface area contributed by atoms with E-state index in [1.807, 2.05) is 0 Å². The summed E-state index contributed by atoms with van der Waals surface area (Å²) in [7, 11) is 3.44. The van der Waals surface area contributed by atoms with Gasteiger partial charge in [0.25, 0.3) is 0 Å². The third kappa shape index (κ3) is 7.03. The zero-order valence-corrected chi connectivity index (χ0v) is 18.5. The number of guanidine groups is 1. The monoisotopic (exact) mass is 480 g/mol. The van der Waals surface area contributed by atoms with Gasteiger partial charge in [0.2, 0.25) is 5.91 Å². The van der Waals surface area contributed by atoms with Crippen LogP contribution in [0.4, 0.5) is 0 Å². The van der Waals surface area contributed by atoms with Gasteiger partial charge in [0, 0.05) is 40.0 Å². The van der Waals surface area contributed by atoms with E-state index in [9.17, 15) is 4.79 Å². The number of rotatable bonds is 6. The number of carbonyl (C=O) groups is 1. The van der Waals surface area contributed by atoms with Gasteiger partial charge in [-0.2, -0.15) is 0 Å². The molecule has 0 radical (unpaired) electrons. The number of nitrogens with one attached hydrogen (secondary N) is 2. The van der Waals surface area contributed by atoms with Crippen molar-refractivity contribution in [2.24, 2.45) is 10.9 Å². The second kappa shape index (κ2) is 11.1. The molecular weight excluding hydrogens is 447 g/mol. The summed E-state index contributed by atoms with van der Waals surface area (Å²) in [4.78, 5) is 17.5. The number of hydrogen-bond donors (Lipinski definition) is 2. The maximum Gasteiger partial charge on any atom is 0.243 e. The van der Waals surface area contributed by atoms with Crippen LogP contribution in [0.3, 0.4) is 0 Å². The predicted molar refractivity (Wildman–Crippen MR) is 114 cm³/mol. The fourth-order valence-electron chi connectivity index (χ4n) is 3.02. The van der Waals surface area contributed by atoms with Crippen LogP contribution in [0.5, 0.6) is 0 Å². The van der Waals surface area contributed by atoms with Gasteiger partial charge >= 0.3 is 0 Å². The third-order valence-corrected chi connectivity index (χ3v) is 4.73. The Balaban J connectivity index is 0.00000338. The van der Waals surface area contributed by atoms with Crippen molar-refractivity contribution in [2.45, 2.75) is 44.5 Å². The van der Waals surface area contributed by atoms with Crippen molar-refractivity contribution < 1.29 is 14.3 Å². The van der Waals surface area contributed by atoms with Gasteiger partial charge in [0.15, 0.2) is 11.7 Å². The fourth-order valence-corrected chi connectivity index (χ4v) is 3.02. The highest BCUT2D eigenvalue weighted by molar-refractivity contribution is 14.0. The lowest BCUT2D eigenvalue weighted by Crippen LogP contribution is -2.43. The van der Waals surface area contributed by atoms with Crippen molar-refractivity contribution in [3.8, 4) is 0 Å². The van der Waals surface area contributed by atoms with E-state index in [4.69, 9.17) is 9.47 Å². The lowest BCUT2D eigenvalue weighted by atomic mass is 9.86. The summed E-state index contributed by atoms with van der Waals surface area (Å²) in [6.45, 7) is 7.83. The van der Waals surface area contributed by atoms with Gasteiger partial charge in [0.05, 0.1) is 6.61 Å². The van der Waals surface area contributed by atoms with Crippen molar-refractivity contribution in [3.05, 3.63) is 12.7 Å². The molecule has 1 unspecified atom stereocenters. The molecule has 0 aromatic rings. The maximum atomic E-state index is 11.7. The van der Waals surface area contributed by atoms with Gasteiger partial charge in [0.1, 0.15) is 12.6 Å². The number of hydrogen-bond acceptors (Lipinski definition) is 4. The minimum absolute atomic E-state index is 0. The Bertz CT molecular complexity index is 491. The summed E-state index contributed by atoms with van der Waals surface area (Å²) < 4.78 is 12.2. The van der Waals surface area contributed by atoms with Gasteiger partial charge in [-0.05, 0) is 18.8 Å². The first-order valence-electron chi connectivity index (χ1n) is 9.09. The van der Waals surface area contributed by atoms with E-state index in [2.05, 4.69) is 29.1 Å². The lowest BCUT2D eigenvalue weighted by Gasteiger charge is -2.34. The molecule has 1 atom stereocenters. The average Bonchev–Trinajstić information content (AvgIpc) is 2.99. The van der Waals surface area contributed by atoms with Crippen LogP contribution >= 0.6 is 24.0 Å². The summed E-state index contributed by atoms with van der Waals surface area (Å²) in [5.74, 6) is 0.907. The van der Waals surface area contributed by atoms with E-state index in [1.165, 1.54) is 4.90 Å². The largest absolute Gasteiger partial charge is 0.354 e. The molecule has 1 aliphatic heterocycles. The number of carbonyl (C=O) groups excluding carboxylic acids is 1. The number of likely N-dealkylation sites (N-methyl/N-ethyl adjacent to an activating group) is 1. The van der Waals surface area contributed by atoms with Crippen molar-refractivity contribution >= 4 is 35.8 Å². The van der Waals surface area contributed by atoms with Crippen LogP contribution in [0.1, 0.15) is 32.6 Å². The van der Waals surface area contributed by atoms with Crippen molar-refractivity contribution in [2.75, 3.05) is 40.3 Å². The minimum atomic E-state index is -0.383. The standard InChI is InChI=1S/C18H32N4O3.HI/c1-5-10-19-17(21-12-16(23)22(3)4)20-11-15-13-24-18(25-15)8-6-14(2)7-9-18;/h5,14-15H,1,6-13H2,2-4H3,(H2,19,20,21);1H. The fraction of sp³-hybridized carbons (Fsp3) is 0.778. The van der Waals surface area contributed by atoms with Crippen molar-refractivity contribution in [3.63, 3.8) is 0 Å². The molecule has 2 aliphatic rings. The van der Waals surface area contributed by atoms with Crippen LogP contribution in [0.2, 0.25) is 0 Å². The average molecular weight is 480 g/mol. The SMILES string of the molecule is C=CCNC(=NCC(=O)N(C)C)NCC1COC2(CCC(C)CC2)O1.I. The Morgan fingerprint density at radius 1 is 1.35 bits per heavy atom. The summed E-state index contributed by atoms with van der Waals surface area (Å²) in [6.07, 6.45) is 5.99. The predicted octanol–water partition coefficient (Wildman–Crippen LogP) is 1.74. The summed E-state index contributed by atoms with van der Waals surface area (Å²) in [5, 5.41) is 6.36. The number of halogens is 1. The van der Waals surface area contributed by atoms with E-state index in [-0.39, 0.29) is 48.3 Å². The summed E-state index contributed by atoms with van der Waals surface area (Å²) in [6, 6.07) is 0. The van der Waals surface area contributed by atoms with Crippen molar-refractivity contribution in [1.29, 1.82) is 0 Å². The normalized spacial score (nSPS) is 28.3. The molecule has 1 amide bonds. The molecule has 2 rings (SSSR count). The highest BCUT2D eigenvalue weighted by atomic mass is 127. The molecule has 0 aromatic heterocycles. The highest BCUT2D eigenvalue weighted by Crippen LogP contribution is 2.39. The number of amides is 1. The molecule has 1 saturated heterocycles. The highest BCUT2D eigenvalue weighted by Gasteiger charge is 2.43. The molecule has 1 saturated carbocycles. The van der Waals surface area contributed by atoms with Crippen LogP contribution in [0.25, 0.3) is 0 Å². The van der Waals surface area contributed by atoms with E-state index in [0.717, 1.165) is 31.6 Å². The van der Waals surface area contributed by atoms with Crippen LogP contribution in [0, 0.1) is 5.92 Å². The van der Waals surface area contributed by atoms with Crippen molar-refractivity contribution in [1.82, 2.24) is 15.5 Å². The molecule has 2 N–H and O–H groups in total. The Kier molecular flexibility index (Phi) is 9.88. The molecule has 1 spiro atoms. The van der Waals surface area contributed by atoms with E-state index < -0.39 is 0 Å². The third-order valence-electron chi connectivity index (χ3n) is 4.73. The summed E-state index contributed by atoms with van der Waals surface area (Å²) in [5.41, 5.74) is 0. The van der Waals surface area contributed by atoms with E-state index >= 15 is 0 Å². The maximum absolute atomic E-state index is 11.7. The number of nitrogens with zero attached hydrogens (tertiary/aromatic N) is 2. The Labute approximate surface area is 174 Å². The Hall–Kier alpha value is -0.870. The van der Waals surface area contributed by atoms with Crippen LogP contribution in [-0.4, -0.2) is 69.0 Å². The summed E-state index contributed by atoms with van der Waals surface area (Å²) >= 11 is 0. The van der Waals surface area contributed by atoms with Gasteiger partial charge in [-0.25, -0.2) is 4.99 Å². The topological polar surface area (TPSA) is 75.2 Å². The second-order valence-corrected chi connectivity index (χ2v) is 7.15. The smallest absolute Gasteiger partial charge is 0.243 e. The molecule has 26 heavy (non-hydrogen) atoms. The minimum Gasteiger partial charge on any atom is -0.354 e. The molecule has 8 heteroatoms. The molecule has 0 aromatic carbocycles. The molecule has 150 valence electrons. The van der Waals surface area contributed by atoms with E-state index in [1.54, 1.807) is 20.2 Å². The molecule has 7 nitrogen and oxygen atoms in total. The number of ether oxygens (including phenoxy) is 2. The van der Waals surface area contributed by atoms with E-state index in [0.29, 0.717) is 25.7 Å². The zero-order valence-electron chi connectivity index (χ0n) is 16.1.